The monoisotopic (exact) mass is 467 g/mol. The summed E-state index contributed by atoms with van der Waals surface area (Å²) >= 11 is 0. The highest BCUT2D eigenvalue weighted by Crippen LogP contribution is 2.22. The highest BCUT2D eigenvalue weighted by Gasteiger charge is 2.48. The van der Waals surface area contributed by atoms with Crippen molar-refractivity contribution in [2.24, 2.45) is 0 Å². The normalized spacial score (nSPS) is 21.0. The van der Waals surface area contributed by atoms with Gasteiger partial charge in [0.25, 0.3) is 17.7 Å². The van der Waals surface area contributed by atoms with Crippen LogP contribution < -0.4 is 10.7 Å². The van der Waals surface area contributed by atoms with Crippen molar-refractivity contribution in [1.82, 2.24) is 25.6 Å². The van der Waals surface area contributed by atoms with Crippen molar-refractivity contribution >= 4 is 23.8 Å². The molecule has 4 rings (SSSR count). The van der Waals surface area contributed by atoms with Crippen molar-refractivity contribution < 1.29 is 23.6 Å². The Bertz CT molecular complexity index is 1080. The average Bonchev–Trinajstić information content (AvgIpc) is 3.35. The SMILES string of the molecule is Cc1ccc(C(=O)N2CCN(CC(=O)NN3C(=O)NC(C)(CCc4ccccc4)C3=O)CC2)o1. The Kier molecular flexibility index (Phi) is 6.69. The quantitative estimate of drug-likeness (QED) is 0.594. The third-order valence-electron chi connectivity index (χ3n) is 6.23. The molecule has 2 fully saturated rings. The number of carbonyl (C=O) groups excluding carboxylic acids is 4. The van der Waals surface area contributed by atoms with Crippen molar-refractivity contribution in [2.45, 2.75) is 32.2 Å². The van der Waals surface area contributed by atoms with Crippen LogP contribution in [0.4, 0.5) is 4.79 Å². The zero-order valence-corrected chi connectivity index (χ0v) is 19.4. The molecule has 1 unspecified atom stereocenters. The Morgan fingerprint density at radius 1 is 1.06 bits per heavy atom. The number of hydrazine groups is 1. The molecule has 1 atom stereocenters. The molecule has 2 aliphatic heterocycles. The van der Waals surface area contributed by atoms with Gasteiger partial charge in [-0.3, -0.25) is 24.7 Å². The van der Waals surface area contributed by atoms with Gasteiger partial charge in [-0.05, 0) is 44.4 Å². The topological polar surface area (TPSA) is 115 Å². The highest BCUT2D eigenvalue weighted by molar-refractivity contribution is 6.07. The number of amides is 5. The van der Waals surface area contributed by atoms with Crippen molar-refractivity contribution in [2.75, 3.05) is 32.7 Å². The lowest BCUT2D eigenvalue weighted by molar-refractivity contribution is -0.139. The smallest absolute Gasteiger partial charge is 0.344 e. The fourth-order valence-corrected chi connectivity index (χ4v) is 4.17. The number of urea groups is 1. The molecular formula is C24H29N5O5. The average molecular weight is 468 g/mol. The van der Waals surface area contributed by atoms with E-state index in [-0.39, 0.29) is 12.5 Å². The second kappa shape index (κ2) is 9.68. The van der Waals surface area contributed by atoms with Crippen LogP contribution in [-0.2, 0) is 16.0 Å². The van der Waals surface area contributed by atoms with E-state index in [2.05, 4.69) is 10.7 Å². The zero-order chi connectivity index (χ0) is 24.3. The summed E-state index contributed by atoms with van der Waals surface area (Å²) in [5.74, 6) is -0.137. The lowest BCUT2D eigenvalue weighted by atomic mass is 9.93. The fourth-order valence-electron chi connectivity index (χ4n) is 4.17. The number of aryl methyl sites for hydroxylation is 2. The van der Waals surface area contributed by atoms with Gasteiger partial charge in [-0.25, -0.2) is 4.79 Å². The van der Waals surface area contributed by atoms with Crippen LogP contribution in [0.5, 0.6) is 0 Å². The number of carbonyl (C=O) groups is 4. The van der Waals surface area contributed by atoms with E-state index in [0.717, 1.165) is 10.6 Å². The van der Waals surface area contributed by atoms with Gasteiger partial charge in [0.05, 0.1) is 6.54 Å². The number of rotatable bonds is 7. The van der Waals surface area contributed by atoms with Crippen molar-refractivity contribution in [1.29, 1.82) is 0 Å². The number of piperazine rings is 1. The van der Waals surface area contributed by atoms with E-state index in [4.69, 9.17) is 4.42 Å². The van der Waals surface area contributed by atoms with Crippen LogP contribution >= 0.6 is 0 Å². The van der Waals surface area contributed by atoms with Crippen molar-refractivity contribution in [3.8, 4) is 0 Å². The lowest BCUT2D eigenvalue weighted by Crippen LogP contribution is -2.54. The molecule has 0 radical (unpaired) electrons. The standard InChI is InChI=1S/C24H29N5O5/c1-17-8-9-19(34-17)21(31)28-14-12-27(13-15-28)16-20(30)26-29-22(32)24(2,25-23(29)33)11-10-18-6-4-3-5-7-18/h3-9H,10-16H2,1-2H3,(H,25,33)(H,26,30). The van der Waals surface area contributed by atoms with Gasteiger partial charge in [-0.1, -0.05) is 30.3 Å². The third-order valence-corrected chi connectivity index (χ3v) is 6.23. The number of benzene rings is 1. The van der Waals surface area contributed by atoms with Gasteiger partial charge >= 0.3 is 6.03 Å². The van der Waals surface area contributed by atoms with E-state index in [1.165, 1.54) is 0 Å². The number of hydrogen-bond donors (Lipinski definition) is 2. The van der Waals surface area contributed by atoms with Crippen LogP contribution in [0.2, 0.25) is 0 Å². The summed E-state index contributed by atoms with van der Waals surface area (Å²) in [6.45, 7) is 5.35. The molecule has 2 aromatic rings. The lowest BCUT2D eigenvalue weighted by Gasteiger charge is -2.34. The Labute approximate surface area is 197 Å². The molecular weight excluding hydrogens is 438 g/mol. The van der Waals surface area contributed by atoms with Crippen LogP contribution in [0.3, 0.4) is 0 Å². The predicted octanol–water partition coefficient (Wildman–Crippen LogP) is 1.32. The summed E-state index contributed by atoms with van der Waals surface area (Å²) in [5, 5.41) is 3.47. The summed E-state index contributed by atoms with van der Waals surface area (Å²) in [4.78, 5) is 53.9. The predicted molar refractivity (Wildman–Crippen MR) is 122 cm³/mol. The summed E-state index contributed by atoms with van der Waals surface area (Å²) < 4.78 is 5.40. The van der Waals surface area contributed by atoms with Crippen LogP contribution in [0.1, 0.15) is 35.2 Å². The van der Waals surface area contributed by atoms with Crippen molar-refractivity contribution in [3.05, 3.63) is 59.5 Å². The molecule has 0 spiro atoms. The Hall–Kier alpha value is -3.66. The van der Waals surface area contributed by atoms with Gasteiger partial charge in [0.15, 0.2) is 5.76 Å². The number of imide groups is 1. The minimum absolute atomic E-state index is 0.0136. The first-order valence-corrected chi connectivity index (χ1v) is 11.3. The van der Waals surface area contributed by atoms with Crippen LogP contribution in [0, 0.1) is 6.92 Å². The Balaban J connectivity index is 1.25. The fraction of sp³-hybridized carbons (Fsp3) is 0.417. The molecule has 0 aliphatic carbocycles. The van der Waals surface area contributed by atoms with Crippen LogP contribution in [0.25, 0.3) is 0 Å². The zero-order valence-electron chi connectivity index (χ0n) is 19.4. The first kappa shape index (κ1) is 23.5. The molecule has 0 bridgehead atoms. The Morgan fingerprint density at radius 2 is 1.76 bits per heavy atom. The number of hydrogen-bond acceptors (Lipinski definition) is 6. The van der Waals surface area contributed by atoms with Gasteiger partial charge < -0.3 is 14.6 Å². The molecule has 2 aliphatic rings. The second-order valence-corrected chi connectivity index (χ2v) is 8.90. The molecule has 2 N–H and O–H groups in total. The molecule has 10 nitrogen and oxygen atoms in total. The maximum atomic E-state index is 12.9. The van der Waals surface area contributed by atoms with Gasteiger partial charge in [0.1, 0.15) is 11.3 Å². The maximum Gasteiger partial charge on any atom is 0.344 e. The van der Waals surface area contributed by atoms with E-state index in [0.29, 0.717) is 50.5 Å². The number of nitrogens with one attached hydrogen (secondary N) is 2. The molecule has 0 saturated carbocycles. The molecule has 3 heterocycles. The first-order chi connectivity index (χ1) is 16.2. The molecule has 180 valence electrons. The molecule has 2 saturated heterocycles. The highest BCUT2D eigenvalue weighted by atomic mass is 16.3. The molecule has 34 heavy (non-hydrogen) atoms. The van der Waals surface area contributed by atoms with Gasteiger partial charge in [0, 0.05) is 26.2 Å². The van der Waals surface area contributed by atoms with E-state index >= 15 is 0 Å². The van der Waals surface area contributed by atoms with E-state index in [9.17, 15) is 19.2 Å². The van der Waals surface area contributed by atoms with Crippen molar-refractivity contribution in [3.63, 3.8) is 0 Å². The van der Waals surface area contributed by atoms with Gasteiger partial charge in [-0.2, -0.15) is 5.01 Å². The second-order valence-electron chi connectivity index (χ2n) is 8.90. The maximum absolute atomic E-state index is 12.9. The molecule has 1 aromatic heterocycles. The summed E-state index contributed by atoms with van der Waals surface area (Å²) in [6, 6.07) is 12.5. The van der Waals surface area contributed by atoms with Crippen LogP contribution in [-0.4, -0.2) is 76.8 Å². The molecule has 10 heteroatoms. The minimum atomic E-state index is -1.09. The molecule has 1 aromatic carbocycles. The summed E-state index contributed by atoms with van der Waals surface area (Å²) in [7, 11) is 0. The van der Waals surface area contributed by atoms with E-state index in [1.807, 2.05) is 35.2 Å². The summed E-state index contributed by atoms with van der Waals surface area (Å²) in [6.07, 6.45) is 1.03. The van der Waals surface area contributed by atoms with Gasteiger partial charge in [0.2, 0.25) is 0 Å². The first-order valence-electron chi connectivity index (χ1n) is 11.3. The number of nitrogens with zero attached hydrogens (tertiary/aromatic N) is 3. The third kappa shape index (κ3) is 5.12. The Morgan fingerprint density at radius 3 is 2.41 bits per heavy atom. The van der Waals surface area contributed by atoms with E-state index in [1.54, 1.807) is 30.9 Å². The van der Waals surface area contributed by atoms with Crippen LogP contribution in [0.15, 0.2) is 46.9 Å². The van der Waals surface area contributed by atoms with Gasteiger partial charge in [-0.15, -0.1) is 0 Å². The molecule has 5 amide bonds. The summed E-state index contributed by atoms with van der Waals surface area (Å²) in [5.41, 5.74) is 2.41. The van der Waals surface area contributed by atoms with E-state index < -0.39 is 23.4 Å². The number of furan rings is 1. The largest absolute Gasteiger partial charge is 0.456 e. The minimum Gasteiger partial charge on any atom is -0.456 e.